The molecule has 2 aromatic rings. The zero-order valence-electron chi connectivity index (χ0n) is 11.6. The van der Waals surface area contributed by atoms with E-state index in [0.29, 0.717) is 0 Å². The summed E-state index contributed by atoms with van der Waals surface area (Å²) in [6.45, 7) is 5.08. The molecule has 1 aromatic heterocycles. The van der Waals surface area contributed by atoms with Crippen molar-refractivity contribution in [3.63, 3.8) is 0 Å². The molecule has 0 saturated heterocycles. The topological polar surface area (TPSA) is 28.2 Å². The fraction of sp³-hybridized carbons (Fsp3) is 0.400. The Morgan fingerprint density at radius 2 is 2.05 bits per heavy atom. The van der Waals surface area contributed by atoms with Gasteiger partial charge in [-0.05, 0) is 39.1 Å². The molecule has 1 aromatic carbocycles. The molecule has 1 N–H and O–H groups in total. The summed E-state index contributed by atoms with van der Waals surface area (Å²) in [6.07, 6.45) is 1.13. The van der Waals surface area contributed by atoms with Crippen LogP contribution in [0.15, 0.2) is 35.7 Å². The van der Waals surface area contributed by atoms with E-state index < -0.39 is 0 Å². The van der Waals surface area contributed by atoms with Gasteiger partial charge in [0.1, 0.15) is 0 Å². The predicted molar refractivity (Wildman–Crippen MR) is 82.7 cm³/mol. The summed E-state index contributed by atoms with van der Waals surface area (Å²) < 4.78 is 0. The Morgan fingerprint density at radius 3 is 2.74 bits per heavy atom. The average molecular weight is 275 g/mol. The Labute approximate surface area is 119 Å². The van der Waals surface area contributed by atoms with Crippen molar-refractivity contribution in [2.45, 2.75) is 19.9 Å². The van der Waals surface area contributed by atoms with Crippen LogP contribution in [0, 0.1) is 6.92 Å². The van der Waals surface area contributed by atoms with Crippen molar-refractivity contribution >= 4 is 17.0 Å². The number of hydrogen-bond acceptors (Lipinski definition) is 4. The molecule has 0 radical (unpaired) electrons. The Bertz CT molecular complexity index is 481. The number of anilines is 1. The lowest BCUT2D eigenvalue weighted by Gasteiger charge is -2.15. The van der Waals surface area contributed by atoms with Gasteiger partial charge in [-0.25, -0.2) is 4.98 Å². The molecule has 19 heavy (non-hydrogen) atoms. The van der Waals surface area contributed by atoms with E-state index in [0.717, 1.165) is 31.1 Å². The fourth-order valence-electron chi connectivity index (χ4n) is 1.97. The van der Waals surface area contributed by atoms with E-state index in [1.54, 1.807) is 11.3 Å². The molecule has 2 rings (SSSR count). The van der Waals surface area contributed by atoms with Crippen molar-refractivity contribution in [3.05, 3.63) is 46.4 Å². The van der Waals surface area contributed by atoms with E-state index in [-0.39, 0.29) is 0 Å². The van der Waals surface area contributed by atoms with Crippen LogP contribution in [0.3, 0.4) is 0 Å². The Hall–Kier alpha value is -1.39. The van der Waals surface area contributed by atoms with Gasteiger partial charge in [0.05, 0.1) is 10.7 Å². The maximum absolute atomic E-state index is 4.49. The molecule has 1 heterocycles. The van der Waals surface area contributed by atoms with E-state index in [1.807, 2.05) is 6.07 Å². The zero-order chi connectivity index (χ0) is 13.5. The summed E-state index contributed by atoms with van der Waals surface area (Å²) in [7, 11) is 2.15. The van der Waals surface area contributed by atoms with E-state index in [9.17, 15) is 0 Å². The van der Waals surface area contributed by atoms with Crippen molar-refractivity contribution < 1.29 is 0 Å². The molecule has 3 nitrogen and oxygen atoms in total. The highest BCUT2D eigenvalue weighted by atomic mass is 32.1. The van der Waals surface area contributed by atoms with Crippen molar-refractivity contribution in [3.8, 4) is 0 Å². The monoisotopic (exact) mass is 275 g/mol. The lowest BCUT2D eigenvalue weighted by molar-refractivity contribution is 0.322. The van der Waals surface area contributed by atoms with Crippen molar-refractivity contribution in [1.82, 2.24) is 9.88 Å². The molecule has 0 aliphatic heterocycles. The Kier molecular flexibility index (Phi) is 5.36. The average Bonchev–Trinajstić information content (AvgIpc) is 2.81. The lowest BCUT2D eigenvalue weighted by atomic mass is 10.3. The number of nitrogens with zero attached hydrogens (tertiary/aromatic N) is 2. The third-order valence-corrected chi connectivity index (χ3v) is 3.74. The summed E-state index contributed by atoms with van der Waals surface area (Å²) in [5.74, 6) is 0. The van der Waals surface area contributed by atoms with Gasteiger partial charge in [-0.1, -0.05) is 18.2 Å². The van der Waals surface area contributed by atoms with Crippen molar-refractivity contribution in [2.75, 3.05) is 25.5 Å². The molecular formula is C15H21N3S. The Morgan fingerprint density at radius 1 is 1.26 bits per heavy atom. The predicted octanol–water partition coefficient (Wildman–Crippen LogP) is 3.39. The molecule has 0 unspecified atom stereocenters. The van der Waals surface area contributed by atoms with Crippen LogP contribution >= 0.6 is 11.3 Å². The summed E-state index contributed by atoms with van der Waals surface area (Å²) in [4.78, 5) is 6.81. The number of benzene rings is 1. The highest BCUT2D eigenvalue weighted by molar-refractivity contribution is 7.09. The SMILES string of the molecule is Cc1nc(CN(C)CCCNc2ccccc2)cs1. The van der Waals surface area contributed by atoms with Gasteiger partial charge >= 0.3 is 0 Å². The van der Waals surface area contributed by atoms with Crippen molar-refractivity contribution in [2.24, 2.45) is 0 Å². The highest BCUT2D eigenvalue weighted by Crippen LogP contribution is 2.10. The molecule has 102 valence electrons. The minimum absolute atomic E-state index is 0.940. The molecule has 0 saturated carbocycles. The molecular weight excluding hydrogens is 254 g/mol. The minimum Gasteiger partial charge on any atom is -0.385 e. The number of nitrogens with one attached hydrogen (secondary N) is 1. The van der Waals surface area contributed by atoms with Crippen LogP contribution < -0.4 is 5.32 Å². The summed E-state index contributed by atoms with van der Waals surface area (Å²) in [5, 5.41) is 6.72. The van der Waals surface area contributed by atoms with Gasteiger partial charge in [-0.15, -0.1) is 11.3 Å². The van der Waals surface area contributed by atoms with E-state index in [2.05, 4.69) is 58.8 Å². The second-order valence-corrected chi connectivity index (χ2v) is 5.80. The first-order chi connectivity index (χ1) is 9.24. The van der Waals surface area contributed by atoms with Gasteiger partial charge in [-0.2, -0.15) is 0 Å². The molecule has 0 atom stereocenters. The van der Waals surface area contributed by atoms with Crippen LogP contribution in [0.1, 0.15) is 17.1 Å². The summed E-state index contributed by atoms with van der Waals surface area (Å²) in [6, 6.07) is 10.3. The molecule has 0 aliphatic carbocycles. The number of aryl methyl sites for hydroxylation is 1. The number of rotatable bonds is 7. The fourth-order valence-corrected chi connectivity index (χ4v) is 2.58. The number of thiazole rings is 1. The van der Waals surface area contributed by atoms with Gasteiger partial charge in [-0.3, -0.25) is 0 Å². The first-order valence-corrected chi connectivity index (χ1v) is 7.50. The number of aromatic nitrogens is 1. The van der Waals surface area contributed by atoms with Crippen LogP contribution in [0.2, 0.25) is 0 Å². The number of para-hydroxylation sites is 1. The molecule has 4 heteroatoms. The standard InChI is InChI=1S/C15H21N3S/c1-13-17-15(12-19-13)11-18(2)10-6-9-16-14-7-4-3-5-8-14/h3-5,7-8,12,16H,6,9-11H2,1-2H3. The van der Waals surface area contributed by atoms with Crippen LogP contribution in [0.25, 0.3) is 0 Å². The van der Waals surface area contributed by atoms with Gasteiger partial charge < -0.3 is 10.2 Å². The van der Waals surface area contributed by atoms with Gasteiger partial charge in [0, 0.05) is 24.2 Å². The first-order valence-electron chi connectivity index (χ1n) is 6.62. The van der Waals surface area contributed by atoms with E-state index in [4.69, 9.17) is 0 Å². The third-order valence-electron chi connectivity index (χ3n) is 2.92. The third kappa shape index (κ3) is 5.01. The van der Waals surface area contributed by atoms with Gasteiger partial charge in [0.25, 0.3) is 0 Å². The molecule has 0 spiro atoms. The second kappa shape index (κ2) is 7.26. The molecule has 0 aliphatic rings. The van der Waals surface area contributed by atoms with Gasteiger partial charge in [0.15, 0.2) is 0 Å². The minimum atomic E-state index is 0.940. The van der Waals surface area contributed by atoms with Crippen LogP contribution in [-0.2, 0) is 6.54 Å². The maximum atomic E-state index is 4.49. The summed E-state index contributed by atoms with van der Waals surface area (Å²) >= 11 is 1.72. The lowest BCUT2D eigenvalue weighted by Crippen LogP contribution is -2.21. The van der Waals surface area contributed by atoms with Crippen LogP contribution in [0.4, 0.5) is 5.69 Å². The highest BCUT2D eigenvalue weighted by Gasteiger charge is 2.03. The zero-order valence-corrected chi connectivity index (χ0v) is 12.4. The maximum Gasteiger partial charge on any atom is 0.0897 e. The van der Waals surface area contributed by atoms with E-state index in [1.165, 1.54) is 11.4 Å². The first kappa shape index (κ1) is 14.0. The molecule has 0 amide bonds. The summed E-state index contributed by atoms with van der Waals surface area (Å²) in [5.41, 5.74) is 2.38. The van der Waals surface area contributed by atoms with E-state index >= 15 is 0 Å². The molecule has 0 bridgehead atoms. The van der Waals surface area contributed by atoms with Crippen LogP contribution in [0.5, 0.6) is 0 Å². The smallest absolute Gasteiger partial charge is 0.0897 e. The van der Waals surface area contributed by atoms with Gasteiger partial charge in [0.2, 0.25) is 0 Å². The van der Waals surface area contributed by atoms with Crippen LogP contribution in [-0.4, -0.2) is 30.0 Å². The quantitative estimate of drug-likeness (QED) is 0.785. The van der Waals surface area contributed by atoms with Crippen molar-refractivity contribution in [1.29, 1.82) is 0 Å². The normalized spacial score (nSPS) is 10.9. The Balaban J connectivity index is 1.63. The second-order valence-electron chi connectivity index (χ2n) is 4.74. The molecule has 0 fully saturated rings. The largest absolute Gasteiger partial charge is 0.385 e. The number of hydrogen-bond donors (Lipinski definition) is 1.